The van der Waals surface area contributed by atoms with Gasteiger partial charge < -0.3 is 10.5 Å². The average molecular weight is 205 g/mol. The highest BCUT2D eigenvalue weighted by atomic mass is 16.1. The molecule has 0 amide bonds. The number of hydrogen-bond donors (Lipinski definition) is 1. The maximum atomic E-state index is 10.3. The fourth-order valence-electron chi connectivity index (χ4n) is 1.52. The second kappa shape index (κ2) is 4.47. The zero-order chi connectivity index (χ0) is 11.5. The summed E-state index contributed by atoms with van der Waals surface area (Å²) in [4.78, 5) is 10.3. The molecule has 1 rings (SSSR count). The van der Waals surface area contributed by atoms with Gasteiger partial charge in [-0.15, -0.1) is 0 Å². The fraction of sp³-hybridized carbons (Fsp3) is 0.462. The first-order valence-electron chi connectivity index (χ1n) is 5.27. The van der Waals surface area contributed by atoms with Crippen molar-refractivity contribution in [3.8, 4) is 0 Å². The molecular weight excluding hydrogens is 186 g/mol. The Kier molecular flexibility index (Phi) is 3.51. The molecule has 0 aliphatic carbocycles. The van der Waals surface area contributed by atoms with Crippen LogP contribution in [0.3, 0.4) is 0 Å². The summed E-state index contributed by atoms with van der Waals surface area (Å²) >= 11 is 0. The summed E-state index contributed by atoms with van der Waals surface area (Å²) in [5.41, 5.74) is 9.09. The van der Waals surface area contributed by atoms with Gasteiger partial charge in [0.05, 0.1) is 0 Å². The van der Waals surface area contributed by atoms with Gasteiger partial charge in [0.1, 0.15) is 6.29 Å². The monoisotopic (exact) mass is 205 g/mol. The van der Waals surface area contributed by atoms with Gasteiger partial charge >= 0.3 is 0 Å². The number of nitrogens with two attached hydrogens (primary N) is 1. The molecule has 0 aliphatic heterocycles. The van der Waals surface area contributed by atoms with Crippen LogP contribution < -0.4 is 5.73 Å². The van der Waals surface area contributed by atoms with Gasteiger partial charge in [0.15, 0.2) is 0 Å². The van der Waals surface area contributed by atoms with Crippen molar-refractivity contribution in [1.82, 2.24) is 0 Å². The molecule has 0 bridgehead atoms. The fourth-order valence-corrected chi connectivity index (χ4v) is 1.52. The van der Waals surface area contributed by atoms with E-state index >= 15 is 0 Å². The van der Waals surface area contributed by atoms with Gasteiger partial charge in [-0.25, -0.2) is 0 Å². The highest BCUT2D eigenvalue weighted by molar-refractivity contribution is 5.52. The van der Waals surface area contributed by atoms with Gasteiger partial charge in [-0.3, -0.25) is 0 Å². The van der Waals surface area contributed by atoms with Crippen LogP contribution in [0.4, 0.5) is 5.69 Å². The van der Waals surface area contributed by atoms with E-state index < -0.39 is 0 Å². The quantitative estimate of drug-likeness (QED) is 0.609. The van der Waals surface area contributed by atoms with Crippen molar-refractivity contribution in [2.75, 3.05) is 5.73 Å². The van der Waals surface area contributed by atoms with Crippen molar-refractivity contribution in [1.29, 1.82) is 0 Å². The minimum absolute atomic E-state index is 0.102. The highest BCUT2D eigenvalue weighted by Gasteiger charge is 2.14. The van der Waals surface area contributed by atoms with E-state index in [2.05, 4.69) is 26.8 Å². The smallest absolute Gasteiger partial charge is 0.120 e. The normalized spacial score (nSPS) is 11.4. The first kappa shape index (κ1) is 11.8. The summed E-state index contributed by atoms with van der Waals surface area (Å²) in [6.45, 7) is 6.47. The average Bonchev–Trinajstić information content (AvgIpc) is 2.12. The lowest BCUT2D eigenvalue weighted by atomic mass is 9.85. The largest absolute Gasteiger partial charge is 0.399 e. The summed E-state index contributed by atoms with van der Waals surface area (Å²) in [5, 5.41) is 0. The minimum atomic E-state index is 0.102. The number of aldehydes is 1. The Morgan fingerprint density at radius 3 is 2.47 bits per heavy atom. The highest BCUT2D eigenvalue weighted by Crippen LogP contribution is 2.25. The van der Waals surface area contributed by atoms with Gasteiger partial charge in [-0.2, -0.15) is 0 Å². The number of rotatable bonds is 3. The Bertz CT molecular complexity index is 350. The van der Waals surface area contributed by atoms with E-state index in [-0.39, 0.29) is 5.41 Å². The topological polar surface area (TPSA) is 43.1 Å². The first-order chi connectivity index (χ1) is 6.93. The van der Waals surface area contributed by atoms with Gasteiger partial charge in [0.2, 0.25) is 0 Å². The molecule has 1 aromatic carbocycles. The number of nitrogen functional groups attached to an aromatic ring is 1. The van der Waals surface area contributed by atoms with E-state index in [1.54, 1.807) is 0 Å². The Morgan fingerprint density at radius 1 is 1.27 bits per heavy atom. The Labute approximate surface area is 91.5 Å². The molecule has 0 fully saturated rings. The lowest BCUT2D eigenvalue weighted by molar-refractivity contribution is -0.107. The van der Waals surface area contributed by atoms with Crippen LogP contribution in [0.2, 0.25) is 0 Å². The molecule has 0 atom stereocenters. The Morgan fingerprint density at radius 2 is 1.93 bits per heavy atom. The van der Waals surface area contributed by atoms with E-state index in [4.69, 9.17) is 5.73 Å². The zero-order valence-corrected chi connectivity index (χ0v) is 9.71. The molecule has 0 unspecified atom stereocenters. The van der Waals surface area contributed by atoms with Crippen molar-refractivity contribution >= 4 is 12.0 Å². The molecule has 82 valence electrons. The number of carbonyl (C=O) groups is 1. The molecule has 15 heavy (non-hydrogen) atoms. The molecule has 2 nitrogen and oxygen atoms in total. The van der Waals surface area contributed by atoms with Crippen LogP contribution >= 0.6 is 0 Å². The standard InChI is InChI=1S/C13H19NO/c1-13(2,3)11-7-10(5-4-6-15)8-12(14)9-11/h6-9H,4-5,14H2,1-3H3. The molecule has 2 heteroatoms. The SMILES string of the molecule is CC(C)(C)c1cc(N)cc(CCC=O)c1. The molecule has 1 aromatic rings. The van der Waals surface area contributed by atoms with E-state index in [1.807, 2.05) is 12.1 Å². The third-order valence-corrected chi connectivity index (χ3v) is 2.43. The second-order valence-electron chi connectivity index (χ2n) is 4.92. The van der Waals surface area contributed by atoms with Gasteiger partial charge in [-0.1, -0.05) is 26.8 Å². The molecule has 0 aliphatic rings. The van der Waals surface area contributed by atoms with Crippen molar-refractivity contribution in [3.63, 3.8) is 0 Å². The molecule has 0 aromatic heterocycles. The van der Waals surface area contributed by atoms with Gasteiger partial charge in [0.25, 0.3) is 0 Å². The molecule has 0 saturated carbocycles. The summed E-state index contributed by atoms with van der Waals surface area (Å²) < 4.78 is 0. The third kappa shape index (κ3) is 3.39. The molecular formula is C13H19NO. The van der Waals surface area contributed by atoms with E-state index in [1.165, 1.54) is 5.56 Å². The van der Waals surface area contributed by atoms with Gasteiger partial charge in [-0.05, 0) is 35.1 Å². The number of carbonyl (C=O) groups excluding carboxylic acids is 1. The van der Waals surface area contributed by atoms with Crippen LogP contribution in [0, 0.1) is 0 Å². The Hall–Kier alpha value is -1.31. The predicted octanol–water partition coefficient (Wildman–Crippen LogP) is 2.70. The predicted molar refractivity (Wildman–Crippen MR) is 63.9 cm³/mol. The first-order valence-corrected chi connectivity index (χ1v) is 5.27. The third-order valence-electron chi connectivity index (χ3n) is 2.43. The second-order valence-corrected chi connectivity index (χ2v) is 4.92. The molecule has 2 N–H and O–H groups in total. The molecule has 0 saturated heterocycles. The lowest BCUT2D eigenvalue weighted by Gasteiger charge is -2.20. The van der Waals surface area contributed by atoms with E-state index in [9.17, 15) is 4.79 Å². The Balaban J connectivity index is 3.00. The van der Waals surface area contributed by atoms with E-state index in [0.29, 0.717) is 6.42 Å². The maximum absolute atomic E-state index is 10.3. The van der Waals surface area contributed by atoms with Crippen LogP contribution in [-0.4, -0.2) is 6.29 Å². The summed E-state index contributed by atoms with van der Waals surface area (Å²) in [5.74, 6) is 0. The lowest BCUT2D eigenvalue weighted by Crippen LogP contribution is -2.12. The molecule has 0 spiro atoms. The molecule has 0 radical (unpaired) electrons. The van der Waals surface area contributed by atoms with Crippen LogP contribution in [0.5, 0.6) is 0 Å². The van der Waals surface area contributed by atoms with Crippen LogP contribution in [0.25, 0.3) is 0 Å². The van der Waals surface area contributed by atoms with E-state index in [0.717, 1.165) is 24.0 Å². The van der Waals surface area contributed by atoms with Crippen molar-refractivity contribution in [3.05, 3.63) is 29.3 Å². The van der Waals surface area contributed by atoms with Crippen LogP contribution in [0.15, 0.2) is 18.2 Å². The van der Waals surface area contributed by atoms with Crippen molar-refractivity contribution < 1.29 is 4.79 Å². The molecule has 0 heterocycles. The van der Waals surface area contributed by atoms with Crippen molar-refractivity contribution in [2.45, 2.75) is 39.0 Å². The number of hydrogen-bond acceptors (Lipinski definition) is 2. The number of aryl methyl sites for hydroxylation is 1. The van der Waals surface area contributed by atoms with Crippen molar-refractivity contribution in [2.24, 2.45) is 0 Å². The summed E-state index contributed by atoms with van der Waals surface area (Å²) in [7, 11) is 0. The van der Waals surface area contributed by atoms with Crippen LogP contribution in [-0.2, 0) is 16.6 Å². The van der Waals surface area contributed by atoms with Crippen LogP contribution in [0.1, 0.15) is 38.3 Å². The number of anilines is 1. The number of benzene rings is 1. The minimum Gasteiger partial charge on any atom is -0.399 e. The van der Waals surface area contributed by atoms with Gasteiger partial charge in [0, 0.05) is 12.1 Å². The zero-order valence-electron chi connectivity index (χ0n) is 9.71. The summed E-state index contributed by atoms with van der Waals surface area (Å²) in [6, 6.07) is 6.09. The summed E-state index contributed by atoms with van der Waals surface area (Å²) in [6.07, 6.45) is 2.28. The maximum Gasteiger partial charge on any atom is 0.120 e.